The highest BCUT2D eigenvalue weighted by molar-refractivity contribution is 5.93. The van der Waals surface area contributed by atoms with Gasteiger partial charge in [0.15, 0.2) is 12.4 Å². The molecular weight excluding hydrogens is 300 g/mol. The number of esters is 1. The molecule has 2 heterocycles. The molecule has 1 aromatic heterocycles. The van der Waals surface area contributed by atoms with Crippen molar-refractivity contribution >= 4 is 11.9 Å². The average molecular weight is 315 g/mol. The van der Waals surface area contributed by atoms with Gasteiger partial charge in [0.05, 0.1) is 6.54 Å². The van der Waals surface area contributed by atoms with E-state index in [4.69, 9.17) is 14.2 Å². The first-order valence-electron chi connectivity index (χ1n) is 6.13. The van der Waals surface area contributed by atoms with Crippen molar-refractivity contribution in [2.45, 2.75) is 0 Å². The Kier molecular flexibility index (Phi) is 7.03. The van der Waals surface area contributed by atoms with Crippen molar-refractivity contribution in [3.8, 4) is 0 Å². The summed E-state index contributed by atoms with van der Waals surface area (Å²) in [6.07, 6.45) is 4.52. The van der Waals surface area contributed by atoms with E-state index in [1.807, 2.05) is 0 Å². The summed E-state index contributed by atoms with van der Waals surface area (Å²) < 4.78 is 14.9. The summed E-state index contributed by atoms with van der Waals surface area (Å²) >= 11 is 0. The van der Waals surface area contributed by atoms with Gasteiger partial charge in [0.1, 0.15) is 31.6 Å². The molecule has 1 amide bonds. The van der Waals surface area contributed by atoms with Gasteiger partial charge in [-0.25, -0.2) is 9.78 Å². The van der Waals surface area contributed by atoms with Crippen molar-refractivity contribution < 1.29 is 41.2 Å². The molecule has 1 aliphatic heterocycles. The van der Waals surface area contributed by atoms with Crippen LogP contribution in [0.1, 0.15) is 10.4 Å². The van der Waals surface area contributed by atoms with E-state index < -0.39 is 5.97 Å². The second-order valence-electron chi connectivity index (χ2n) is 3.89. The Hall–Kier alpha value is -2.28. The zero-order valence-corrected chi connectivity index (χ0v) is 11.9. The summed E-state index contributed by atoms with van der Waals surface area (Å²) in [7, 11) is 0. The molecule has 0 aromatic carbocycles. The van der Waals surface area contributed by atoms with E-state index in [0.717, 1.165) is 0 Å². The molecule has 7 nitrogen and oxygen atoms in total. The number of ether oxygens (including phenoxy) is 3. The van der Waals surface area contributed by atoms with Crippen molar-refractivity contribution in [3.05, 3.63) is 42.1 Å². The second-order valence-corrected chi connectivity index (χ2v) is 3.89. The number of nitrogens with one attached hydrogen (secondary N) is 2. The van der Waals surface area contributed by atoms with Crippen LogP contribution in [0.5, 0.6) is 0 Å². The number of carbonyl (C=O) groups is 2. The lowest BCUT2D eigenvalue weighted by molar-refractivity contribution is -0.378. The van der Waals surface area contributed by atoms with Gasteiger partial charge in [0, 0.05) is 6.07 Å². The zero-order chi connectivity index (χ0) is 14.2. The summed E-state index contributed by atoms with van der Waals surface area (Å²) in [5.41, 5.74) is 0.505. The maximum absolute atomic E-state index is 11.7. The number of H-pyrrole nitrogens is 1. The van der Waals surface area contributed by atoms with Gasteiger partial charge < -0.3 is 31.9 Å². The lowest BCUT2D eigenvalue weighted by atomic mass is 10.3. The summed E-state index contributed by atoms with van der Waals surface area (Å²) in [5.74, 6) is -0.804. The van der Waals surface area contributed by atoms with E-state index in [2.05, 4.69) is 10.3 Å². The average Bonchev–Trinajstić information content (AvgIpc) is 2.53. The van der Waals surface area contributed by atoms with Crippen LogP contribution in [0.4, 0.5) is 0 Å². The van der Waals surface area contributed by atoms with Crippen LogP contribution in [0.15, 0.2) is 36.5 Å². The molecule has 8 heteroatoms. The number of amides is 1. The van der Waals surface area contributed by atoms with E-state index in [1.54, 1.807) is 24.5 Å². The van der Waals surface area contributed by atoms with Crippen molar-refractivity contribution in [2.24, 2.45) is 0 Å². The predicted octanol–water partition coefficient (Wildman–Crippen LogP) is -3.33. The molecule has 114 valence electrons. The van der Waals surface area contributed by atoms with Crippen molar-refractivity contribution in [2.75, 3.05) is 26.4 Å². The van der Waals surface area contributed by atoms with E-state index in [0.29, 0.717) is 18.8 Å². The lowest BCUT2D eigenvalue weighted by Crippen LogP contribution is -3.00. The Balaban J connectivity index is 0.00000220. The van der Waals surface area contributed by atoms with Crippen LogP contribution in [-0.4, -0.2) is 38.2 Å². The molecule has 2 N–H and O–H groups in total. The molecule has 0 aliphatic carbocycles. The minimum atomic E-state index is -0.605. The Morgan fingerprint density at radius 2 is 2.24 bits per heavy atom. The Morgan fingerprint density at radius 1 is 1.38 bits per heavy atom. The van der Waals surface area contributed by atoms with Gasteiger partial charge in [-0.15, -0.1) is 0 Å². The third kappa shape index (κ3) is 5.31. The minimum absolute atomic E-state index is 0. The van der Waals surface area contributed by atoms with Gasteiger partial charge in [-0.05, 0) is 6.07 Å². The van der Waals surface area contributed by atoms with Crippen LogP contribution in [-0.2, 0) is 19.0 Å². The molecular formula is C13H15ClN2O5. The fourth-order valence-electron chi connectivity index (χ4n) is 1.49. The van der Waals surface area contributed by atoms with Crippen molar-refractivity contribution in [3.63, 3.8) is 0 Å². The smallest absolute Gasteiger partial charge is 0.376 e. The van der Waals surface area contributed by atoms with Gasteiger partial charge in [-0.2, -0.15) is 0 Å². The van der Waals surface area contributed by atoms with Crippen LogP contribution in [0.25, 0.3) is 0 Å². The van der Waals surface area contributed by atoms with E-state index in [-0.39, 0.29) is 37.2 Å². The fraction of sp³-hybridized carbons (Fsp3) is 0.308. The maximum Gasteiger partial charge on any atom is 0.376 e. The van der Waals surface area contributed by atoms with Crippen LogP contribution >= 0.6 is 0 Å². The number of carbonyl (C=O) groups excluding carboxylic acids is 2. The molecule has 1 aromatic rings. The number of halogens is 1. The Morgan fingerprint density at radius 3 is 2.90 bits per heavy atom. The quantitative estimate of drug-likeness (QED) is 0.454. The molecule has 0 fully saturated rings. The molecule has 0 spiro atoms. The molecule has 0 atom stereocenters. The largest absolute Gasteiger partial charge is 1.00 e. The van der Waals surface area contributed by atoms with Crippen molar-refractivity contribution in [1.82, 2.24) is 5.32 Å². The molecule has 0 unspecified atom stereocenters. The number of pyridine rings is 1. The van der Waals surface area contributed by atoms with Gasteiger partial charge in [-0.1, -0.05) is 0 Å². The number of hydrogen-bond donors (Lipinski definition) is 1. The number of aromatic nitrogens is 1. The lowest BCUT2D eigenvalue weighted by Gasteiger charge is -2.14. The van der Waals surface area contributed by atoms with E-state index in [1.165, 1.54) is 6.26 Å². The first-order chi connectivity index (χ1) is 9.77. The Bertz CT molecular complexity index is 507. The highest BCUT2D eigenvalue weighted by Gasteiger charge is 2.16. The Labute approximate surface area is 127 Å². The van der Waals surface area contributed by atoms with Crippen LogP contribution in [0, 0.1) is 0 Å². The fourth-order valence-corrected chi connectivity index (χ4v) is 1.49. The topological polar surface area (TPSA) is 88.0 Å². The molecule has 1 aliphatic rings. The van der Waals surface area contributed by atoms with E-state index in [9.17, 15) is 9.59 Å². The SMILES string of the molecule is O=C(OCCNC(=O)c1ccc[nH+]c1)C1=COCCO1.[Cl-]. The molecule has 0 bridgehead atoms. The molecule has 0 saturated heterocycles. The summed E-state index contributed by atoms with van der Waals surface area (Å²) in [6, 6.07) is 3.40. The minimum Gasteiger partial charge on any atom is -1.00 e. The molecule has 0 radical (unpaired) electrons. The maximum atomic E-state index is 11.7. The van der Waals surface area contributed by atoms with Crippen molar-refractivity contribution in [1.29, 1.82) is 0 Å². The highest BCUT2D eigenvalue weighted by Crippen LogP contribution is 2.05. The summed E-state index contributed by atoms with van der Waals surface area (Å²) in [6.45, 7) is 1.01. The van der Waals surface area contributed by atoms with Gasteiger partial charge in [0.25, 0.3) is 5.91 Å². The van der Waals surface area contributed by atoms with Gasteiger partial charge >= 0.3 is 5.97 Å². The molecule has 21 heavy (non-hydrogen) atoms. The van der Waals surface area contributed by atoms with Crippen LogP contribution in [0.3, 0.4) is 0 Å². The van der Waals surface area contributed by atoms with E-state index >= 15 is 0 Å². The number of aromatic amines is 1. The normalized spacial score (nSPS) is 12.9. The van der Waals surface area contributed by atoms with Gasteiger partial charge in [-0.3, -0.25) is 4.79 Å². The first-order valence-corrected chi connectivity index (χ1v) is 6.13. The summed E-state index contributed by atoms with van der Waals surface area (Å²) in [5, 5.41) is 2.63. The number of hydrogen-bond acceptors (Lipinski definition) is 5. The van der Waals surface area contributed by atoms with Crippen LogP contribution in [0.2, 0.25) is 0 Å². The zero-order valence-electron chi connectivity index (χ0n) is 11.1. The third-order valence-electron chi connectivity index (χ3n) is 2.44. The second kappa shape index (κ2) is 8.80. The molecule has 0 saturated carbocycles. The number of rotatable bonds is 5. The standard InChI is InChI=1S/C13H14N2O5.ClH/c16-12(10-2-1-3-14-8-10)15-4-5-20-13(17)11-9-18-6-7-19-11;/h1-3,8-9H,4-7H2,(H,15,16);1H. The highest BCUT2D eigenvalue weighted by atomic mass is 35.5. The molecule has 2 rings (SSSR count). The van der Waals surface area contributed by atoms with Gasteiger partial charge in [0.2, 0.25) is 5.76 Å². The predicted molar refractivity (Wildman–Crippen MR) is 66.3 cm³/mol. The third-order valence-corrected chi connectivity index (χ3v) is 2.44. The first kappa shape index (κ1) is 16.8. The van der Waals surface area contributed by atoms with Crippen LogP contribution < -0.4 is 22.7 Å². The summed E-state index contributed by atoms with van der Waals surface area (Å²) in [4.78, 5) is 26.0. The monoisotopic (exact) mass is 314 g/mol.